The van der Waals surface area contributed by atoms with Gasteiger partial charge in [0.25, 0.3) is 0 Å². The van der Waals surface area contributed by atoms with Gasteiger partial charge in [0.05, 0.1) is 5.92 Å². The second-order valence-electron chi connectivity index (χ2n) is 5.43. The lowest BCUT2D eigenvalue weighted by molar-refractivity contribution is -0.135. The molecular weight excluding hydrogens is 240 g/mol. The lowest BCUT2D eigenvalue weighted by Gasteiger charge is -2.26. The summed E-state index contributed by atoms with van der Waals surface area (Å²) in [5.74, 6) is 2.43. The summed E-state index contributed by atoms with van der Waals surface area (Å²) in [5.41, 5.74) is 0. The predicted molar refractivity (Wildman–Crippen MR) is 77.0 cm³/mol. The first-order valence-electron chi connectivity index (χ1n) is 6.90. The van der Waals surface area contributed by atoms with E-state index in [1.807, 2.05) is 33.2 Å². The number of nitrogens with one attached hydrogen (secondary N) is 1. The van der Waals surface area contributed by atoms with Gasteiger partial charge in [-0.2, -0.15) is 0 Å². The van der Waals surface area contributed by atoms with Crippen LogP contribution in [0, 0.1) is 18.8 Å². The van der Waals surface area contributed by atoms with Gasteiger partial charge in [-0.3, -0.25) is 4.79 Å². The third-order valence-electron chi connectivity index (χ3n) is 3.41. The summed E-state index contributed by atoms with van der Waals surface area (Å²) in [7, 11) is 3.75. The highest BCUT2D eigenvalue weighted by atomic mass is 16.3. The molecule has 0 aliphatic rings. The van der Waals surface area contributed by atoms with Crippen LogP contribution in [0.3, 0.4) is 0 Å². The van der Waals surface area contributed by atoms with Crippen LogP contribution in [0.1, 0.15) is 25.4 Å². The van der Waals surface area contributed by atoms with Crippen LogP contribution in [0.4, 0.5) is 0 Å². The number of hydrogen-bond donors (Lipinski definition) is 1. The molecule has 1 heterocycles. The summed E-state index contributed by atoms with van der Waals surface area (Å²) in [6.45, 7) is 7.52. The topological polar surface area (TPSA) is 45.5 Å². The first kappa shape index (κ1) is 15.8. The van der Waals surface area contributed by atoms with Gasteiger partial charge in [-0.05, 0) is 32.0 Å². The van der Waals surface area contributed by atoms with Gasteiger partial charge in [0.1, 0.15) is 11.5 Å². The van der Waals surface area contributed by atoms with Crippen molar-refractivity contribution in [2.75, 3.05) is 27.2 Å². The molecule has 0 spiro atoms. The molecule has 1 amide bonds. The van der Waals surface area contributed by atoms with Crippen molar-refractivity contribution in [2.24, 2.45) is 11.8 Å². The van der Waals surface area contributed by atoms with Gasteiger partial charge in [-0.1, -0.05) is 13.8 Å². The zero-order chi connectivity index (χ0) is 14.4. The van der Waals surface area contributed by atoms with Gasteiger partial charge in [0, 0.05) is 26.6 Å². The zero-order valence-electron chi connectivity index (χ0n) is 12.7. The standard InChI is InChI=1S/C15H26N2O2/c1-11(2)14(10-16-4)15(18)17(5)9-8-13-7-6-12(3)19-13/h6-7,11,14,16H,8-10H2,1-5H3. The third kappa shape index (κ3) is 4.71. The molecule has 0 aromatic carbocycles. The van der Waals surface area contributed by atoms with Crippen molar-refractivity contribution in [1.82, 2.24) is 10.2 Å². The van der Waals surface area contributed by atoms with Crippen LogP contribution in [0.2, 0.25) is 0 Å². The van der Waals surface area contributed by atoms with Crippen molar-refractivity contribution in [1.29, 1.82) is 0 Å². The molecule has 0 bridgehead atoms. The Balaban J connectivity index is 2.51. The zero-order valence-corrected chi connectivity index (χ0v) is 12.7. The van der Waals surface area contributed by atoms with Crippen molar-refractivity contribution in [3.63, 3.8) is 0 Å². The first-order chi connectivity index (χ1) is 8.95. The van der Waals surface area contributed by atoms with Crippen LogP contribution >= 0.6 is 0 Å². The van der Waals surface area contributed by atoms with Crippen molar-refractivity contribution in [2.45, 2.75) is 27.2 Å². The Morgan fingerprint density at radius 2 is 2.11 bits per heavy atom. The molecule has 1 atom stereocenters. The highest BCUT2D eigenvalue weighted by Crippen LogP contribution is 2.14. The molecular formula is C15H26N2O2. The summed E-state index contributed by atoms with van der Waals surface area (Å²) >= 11 is 0. The van der Waals surface area contributed by atoms with Gasteiger partial charge < -0.3 is 14.6 Å². The molecule has 0 aliphatic carbocycles. The monoisotopic (exact) mass is 266 g/mol. The lowest BCUT2D eigenvalue weighted by Crippen LogP contribution is -2.40. The molecule has 0 saturated carbocycles. The number of carbonyl (C=O) groups is 1. The number of rotatable bonds is 7. The van der Waals surface area contributed by atoms with Gasteiger partial charge in [0.15, 0.2) is 0 Å². The number of carbonyl (C=O) groups excluding carboxylic acids is 1. The van der Waals surface area contributed by atoms with Crippen LogP contribution in [-0.2, 0) is 11.2 Å². The number of amides is 1. The molecule has 1 aromatic rings. The highest BCUT2D eigenvalue weighted by Gasteiger charge is 2.24. The minimum absolute atomic E-state index is 0.0355. The smallest absolute Gasteiger partial charge is 0.226 e. The van der Waals surface area contributed by atoms with Crippen LogP contribution in [-0.4, -0.2) is 38.0 Å². The molecule has 4 heteroatoms. The van der Waals surface area contributed by atoms with E-state index in [4.69, 9.17) is 4.42 Å². The van der Waals surface area contributed by atoms with E-state index in [9.17, 15) is 4.79 Å². The molecule has 0 aliphatic heterocycles. The molecule has 108 valence electrons. The van der Waals surface area contributed by atoms with Gasteiger partial charge in [-0.25, -0.2) is 0 Å². The van der Waals surface area contributed by atoms with Crippen molar-refractivity contribution in [3.8, 4) is 0 Å². The number of nitrogens with zero attached hydrogens (tertiary/aromatic N) is 1. The van der Waals surface area contributed by atoms with E-state index >= 15 is 0 Å². The van der Waals surface area contributed by atoms with Crippen LogP contribution < -0.4 is 5.32 Å². The maximum absolute atomic E-state index is 12.4. The molecule has 0 saturated heterocycles. The molecule has 4 nitrogen and oxygen atoms in total. The van der Waals surface area contributed by atoms with E-state index in [1.54, 1.807) is 4.90 Å². The minimum Gasteiger partial charge on any atom is -0.466 e. The molecule has 1 aromatic heterocycles. The summed E-state index contributed by atoms with van der Waals surface area (Å²) in [6, 6.07) is 3.93. The fourth-order valence-electron chi connectivity index (χ4n) is 2.12. The lowest BCUT2D eigenvalue weighted by atomic mass is 9.94. The van der Waals surface area contributed by atoms with E-state index in [0.717, 1.165) is 24.5 Å². The Morgan fingerprint density at radius 1 is 1.42 bits per heavy atom. The van der Waals surface area contributed by atoms with Gasteiger partial charge in [0.2, 0.25) is 5.91 Å². The summed E-state index contributed by atoms with van der Waals surface area (Å²) in [5, 5.41) is 3.10. The summed E-state index contributed by atoms with van der Waals surface area (Å²) in [4.78, 5) is 14.2. The predicted octanol–water partition coefficient (Wildman–Crippen LogP) is 2.08. The van der Waals surface area contributed by atoms with Crippen LogP contribution in [0.25, 0.3) is 0 Å². The Bertz CT molecular complexity index is 399. The van der Waals surface area contributed by atoms with Crippen LogP contribution in [0.5, 0.6) is 0 Å². The highest BCUT2D eigenvalue weighted by molar-refractivity contribution is 5.79. The summed E-state index contributed by atoms with van der Waals surface area (Å²) < 4.78 is 5.52. The number of furan rings is 1. The second-order valence-corrected chi connectivity index (χ2v) is 5.43. The quantitative estimate of drug-likeness (QED) is 0.822. The molecule has 0 fully saturated rings. The Hall–Kier alpha value is -1.29. The average molecular weight is 266 g/mol. The maximum atomic E-state index is 12.4. The van der Waals surface area contributed by atoms with Gasteiger partial charge in [-0.15, -0.1) is 0 Å². The number of likely N-dealkylation sites (N-methyl/N-ethyl adjacent to an activating group) is 1. The molecule has 1 unspecified atom stereocenters. The largest absolute Gasteiger partial charge is 0.466 e. The first-order valence-corrected chi connectivity index (χ1v) is 6.90. The van der Waals surface area contributed by atoms with E-state index in [0.29, 0.717) is 12.5 Å². The third-order valence-corrected chi connectivity index (χ3v) is 3.41. The molecule has 1 rings (SSSR count). The Labute approximate surface area is 116 Å². The number of hydrogen-bond acceptors (Lipinski definition) is 3. The molecule has 1 N–H and O–H groups in total. The Kier molecular flexibility index (Phi) is 6.09. The molecule has 0 radical (unpaired) electrons. The Morgan fingerprint density at radius 3 is 2.58 bits per heavy atom. The SMILES string of the molecule is CNCC(C(=O)N(C)CCc1ccc(C)o1)C(C)C. The fraction of sp³-hybridized carbons (Fsp3) is 0.667. The van der Waals surface area contributed by atoms with Crippen molar-refractivity contribution in [3.05, 3.63) is 23.7 Å². The van der Waals surface area contributed by atoms with E-state index in [-0.39, 0.29) is 11.8 Å². The number of aryl methyl sites for hydroxylation is 1. The average Bonchev–Trinajstić information content (AvgIpc) is 2.77. The second kappa shape index (κ2) is 7.34. The van der Waals surface area contributed by atoms with Gasteiger partial charge >= 0.3 is 0 Å². The van der Waals surface area contributed by atoms with E-state index < -0.39 is 0 Å². The fourth-order valence-corrected chi connectivity index (χ4v) is 2.12. The van der Waals surface area contributed by atoms with Crippen molar-refractivity contribution < 1.29 is 9.21 Å². The normalized spacial score (nSPS) is 12.7. The summed E-state index contributed by atoms with van der Waals surface area (Å²) in [6.07, 6.45) is 0.764. The van der Waals surface area contributed by atoms with E-state index in [2.05, 4.69) is 19.2 Å². The van der Waals surface area contributed by atoms with Crippen molar-refractivity contribution >= 4 is 5.91 Å². The minimum atomic E-state index is 0.0355. The van der Waals surface area contributed by atoms with Crippen LogP contribution in [0.15, 0.2) is 16.5 Å². The van der Waals surface area contributed by atoms with E-state index in [1.165, 1.54) is 0 Å². The maximum Gasteiger partial charge on any atom is 0.226 e. The molecule has 19 heavy (non-hydrogen) atoms.